The molecule has 0 fully saturated rings. The van der Waals surface area contributed by atoms with E-state index in [4.69, 9.17) is 9.47 Å². The second-order valence-electron chi connectivity index (χ2n) is 8.39. The van der Waals surface area contributed by atoms with E-state index >= 15 is 0 Å². The lowest BCUT2D eigenvalue weighted by Gasteiger charge is -2.16. The number of rotatable bonds is 8. The highest BCUT2D eigenvalue weighted by atomic mass is 127. The lowest BCUT2D eigenvalue weighted by atomic mass is 10.1. The molecule has 0 bridgehead atoms. The van der Waals surface area contributed by atoms with Crippen LogP contribution in [0.2, 0.25) is 0 Å². The molecule has 5 nitrogen and oxygen atoms in total. The minimum absolute atomic E-state index is 0.0715. The summed E-state index contributed by atoms with van der Waals surface area (Å²) in [5, 5.41) is 14.1. The highest BCUT2D eigenvalue weighted by Gasteiger charge is 2.30. The zero-order chi connectivity index (χ0) is 28.0. The van der Waals surface area contributed by atoms with Crippen molar-refractivity contribution >= 4 is 51.0 Å². The Morgan fingerprint density at radius 3 is 2.51 bits per heavy atom. The summed E-state index contributed by atoms with van der Waals surface area (Å²) in [4.78, 5) is 12.7. The van der Waals surface area contributed by atoms with E-state index in [1.807, 2.05) is 55.5 Å². The number of ether oxygens (including phenoxy) is 2. The molecule has 39 heavy (non-hydrogen) atoms. The van der Waals surface area contributed by atoms with Gasteiger partial charge in [0, 0.05) is 5.69 Å². The molecule has 4 rings (SSSR count). The number of carbonyl (C=O) groups is 1. The van der Waals surface area contributed by atoms with Gasteiger partial charge in [-0.25, -0.2) is 0 Å². The van der Waals surface area contributed by atoms with Gasteiger partial charge in [-0.1, -0.05) is 48.5 Å². The van der Waals surface area contributed by atoms with Crippen LogP contribution in [0.5, 0.6) is 11.5 Å². The third kappa shape index (κ3) is 6.89. The van der Waals surface area contributed by atoms with E-state index in [0.29, 0.717) is 33.8 Å². The molecule has 0 saturated carbocycles. The third-order valence-corrected chi connectivity index (χ3v) is 6.51. The van der Waals surface area contributed by atoms with Crippen LogP contribution in [0.25, 0.3) is 16.8 Å². The summed E-state index contributed by atoms with van der Waals surface area (Å²) in [5.74, 6) is 0.127. The lowest BCUT2D eigenvalue weighted by Crippen LogP contribution is -2.14. The predicted octanol–water partition coefficient (Wildman–Crippen LogP) is 7.99. The largest absolute Gasteiger partial charge is 0.490 e. The van der Waals surface area contributed by atoms with E-state index in [1.54, 1.807) is 12.1 Å². The molecule has 198 valence electrons. The quantitative estimate of drug-likeness (QED) is 0.120. The number of carbonyl (C=O) groups excluding carboxylic acids is 1. The Morgan fingerprint density at radius 2 is 1.77 bits per heavy atom. The predicted molar refractivity (Wildman–Crippen MR) is 152 cm³/mol. The summed E-state index contributed by atoms with van der Waals surface area (Å²) in [6.45, 7) is 2.48. The summed E-state index contributed by atoms with van der Waals surface area (Å²) in [7, 11) is 0. The van der Waals surface area contributed by atoms with Crippen LogP contribution in [0, 0.1) is 14.9 Å². The van der Waals surface area contributed by atoms with E-state index in [0.717, 1.165) is 28.5 Å². The monoisotopic (exact) mass is 642 g/mol. The maximum absolute atomic E-state index is 13.0. The number of nitrogens with zero attached hydrogens (tertiary/aromatic N) is 1. The second kappa shape index (κ2) is 12.2. The van der Waals surface area contributed by atoms with Crippen molar-refractivity contribution in [1.29, 1.82) is 5.26 Å². The zero-order valence-electron chi connectivity index (χ0n) is 20.7. The molecule has 0 saturated heterocycles. The molecule has 0 aliphatic rings. The van der Waals surface area contributed by atoms with Gasteiger partial charge in [0.15, 0.2) is 11.5 Å². The van der Waals surface area contributed by atoms with Crippen molar-refractivity contribution in [3.8, 4) is 17.6 Å². The summed E-state index contributed by atoms with van der Waals surface area (Å²) in [6, 6.07) is 23.4. The van der Waals surface area contributed by atoms with Crippen molar-refractivity contribution in [2.45, 2.75) is 19.7 Å². The Kier molecular flexibility index (Phi) is 8.76. The average molecular weight is 642 g/mol. The van der Waals surface area contributed by atoms with Gasteiger partial charge in [-0.05, 0) is 87.8 Å². The molecule has 4 aromatic carbocycles. The number of hydrogen-bond donors (Lipinski definition) is 1. The van der Waals surface area contributed by atoms with Crippen molar-refractivity contribution in [3.05, 3.63) is 105 Å². The fraction of sp³-hybridized carbons (Fsp3) is 0.133. The summed E-state index contributed by atoms with van der Waals surface area (Å²) >= 11 is 2.09. The van der Waals surface area contributed by atoms with E-state index in [1.165, 1.54) is 18.2 Å². The van der Waals surface area contributed by atoms with E-state index in [9.17, 15) is 23.2 Å². The third-order valence-electron chi connectivity index (χ3n) is 5.71. The molecule has 0 aliphatic carbocycles. The fourth-order valence-electron chi connectivity index (χ4n) is 3.93. The van der Waals surface area contributed by atoms with Gasteiger partial charge in [-0.2, -0.15) is 18.4 Å². The highest BCUT2D eigenvalue weighted by Crippen LogP contribution is 2.36. The topological polar surface area (TPSA) is 71.3 Å². The molecular formula is C30H22F3IN2O3. The summed E-state index contributed by atoms with van der Waals surface area (Å²) < 4.78 is 51.7. The molecule has 0 heterocycles. The standard InChI is InChI=1S/C30H22F3IN2O3/c1-2-38-27-15-19(13-22(17-35)29(37)36-24-11-6-10-23(16-24)30(31,32)33)14-26(34)28(27)39-18-21-9-5-8-20-7-3-4-12-25(20)21/h3-16H,2,18H2,1H3,(H,36,37)/b22-13+. The average Bonchev–Trinajstić information content (AvgIpc) is 2.91. The first-order valence-electron chi connectivity index (χ1n) is 11.9. The van der Waals surface area contributed by atoms with Crippen LogP contribution in [0.4, 0.5) is 18.9 Å². The Labute approximate surface area is 237 Å². The molecule has 0 unspecified atom stereocenters. The van der Waals surface area contributed by atoms with Crippen LogP contribution in [0.15, 0.2) is 84.4 Å². The number of fused-ring (bicyclic) bond motifs is 1. The molecule has 0 atom stereocenters. The molecule has 9 heteroatoms. The molecule has 1 amide bonds. The van der Waals surface area contributed by atoms with Crippen molar-refractivity contribution in [1.82, 2.24) is 0 Å². The van der Waals surface area contributed by atoms with Crippen LogP contribution in [0.3, 0.4) is 0 Å². The zero-order valence-corrected chi connectivity index (χ0v) is 22.8. The van der Waals surface area contributed by atoms with Crippen molar-refractivity contribution in [2.24, 2.45) is 0 Å². The molecule has 1 N–H and O–H groups in total. The minimum Gasteiger partial charge on any atom is -0.490 e. The van der Waals surface area contributed by atoms with Crippen LogP contribution in [0.1, 0.15) is 23.6 Å². The van der Waals surface area contributed by atoms with Crippen LogP contribution in [-0.4, -0.2) is 12.5 Å². The van der Waals surface area contributed by atoms with Crippen molar-refractivity contribution in [3.63, 3.8) is 0 Å². The Morgan fingerprint density at radius 1 is 1.03 bits per heavy atom. The SMILES string of the molecule is CCOc1cc(/C=C(\C#N)C(=O)Nc2cccc(C(F)(F)F)c2)cc(I)c1OCc1cccc2ccccc12. The second-order valence-corrected chi connectivity index (χ2v) is 9.55. The Balaban J connectivity index is 1.58. The van der Waals surface area contributed by atoms with Crippen molar-refractivity contribution < 1.29 is 27.4 Å². The molecule has 0 spiro atoms. The maximum Gasteiger partial charge on any atom is 0.416 e. The van der Waals surface area contributed by atoms with Crippen LogP contribution < -0.4 is 14.8 Å². The van der Waals surface area contributed by atoms with Gasteiger partial charge in [-0.3, -0.25) is 4.79 Å². The van der Waals surface area contributed by atoms with E-state index < -0.39 is 17.6 Å². The van der Waals surface area contributed by atoms with Crippen LogP contribution >= 0.6 is 22.6 Å². The number of benzene rings is 4. The summed E-state index contributed by atoms with van der Waals surface area (Å²) in [6.07, 6.45) is -3.21. The van der Waals surface area contributed by atoms with Gasteiger partial charge in [0.05, 0.1) is 15.7 Å². The van der Waals surface area contributed by atoms with Gasteiger partial charge < -0.3 is 14.8 Å². The first-order valence-corrected chi connectivity index (χ1v) is 12.9. The summed E-state index contributed by atoms with van der Waals surface area (Å²) in [5.41, 5.74) is 0.245. The van der Waals surface area contributed by atoms with Gasteiger partial charge in [-0.15, -0.1) is 0 Å². The Hall–Kier alpha value is -4.04. The number of halogens is 4. The normalized spacial score (nSPS) is 11.6. The molecule has 4 aromatic rings. The van der Waals surface area contributed by atoms with Gasteiger partial charge in [0.1, 0.15) is 18.2 Å². The number of amides is 1. The first-order chi connectivity index (χ1) is 18.7. The molecule has 0 radical (unpaired) electrons. The van der Waals surface area contributed by atoms with Gasteiger partial charge >= 0.3 is 6.18 Å². The molecule has 0 aromatic heterocycles. The number of hydrogen-bond acceptors (Lipinski definition) is 4. The van der Waals surface area contributed by atoms with E-state index in [-0.39, 0.29) is 11.3 Å². The number of alkyl halides is 3. The molecular weight excluding hydrogens is 620 g/mol. The minimum atomic E-state index is -4.56. The number of anilines is 1. The fourth-order valence-corrected chi connectivity index (χ4v) is 4.71. The number of nitrogens with one attached hydrogen (secondary N) is 1. The molecule has 0 aliphatic heterocycles. The van der Waals surface area contributed by atoms with Gasteiger partial charge in [0.2, 0.25) is 0 Å². The maximum atomic E-state index is 13.0. The smallest absolute Gasteiger partial charge is 0.416 e. The Bertz CT molecular complexity index is 1590. The first kappa shape index (κ1) is 28.0. The highest BCUT2D eigenvalue weighted by molar-refractivity contribution is 14.1. The van der Waals surface area contributed by atoms with Crippen LogP contribution in [-0.2, 0) is 17.6 Å². The van der Waals surface area contributed by atoms with Crippen molar-refractivity contribution in [2.75, 3.05) is 11.9 Å². The lowest BCUT2D eigenvalue weighted by molar-refractivity contribution is -0.137. The van der Waals surface area contributed by atoms with E-state index in [2.05, 4.69) is 27.9 Å². The number of nitriles is 1. The van der Waals surface area contributed by atoms with Gasteiger partial charge in [0.25, 0.3) is 5.91 Å².